The fourth-order valence-corrected chi connectivity index (χ4v) is 0.614. The minimum absolute atomic E-state index is 0. The summed E-state index contributed by atoms with van der Waals surface area (Å²) in [7, 11) is 0. The van der Waals surface area contributed by atoms with Gasteiger partial charge in [-0.05, 0) is 5.56 Å². The zero-order valence-electron chi connectivity index (χ0n) is 4.97. The molecular weight excluding hydrogens is 206 g/mol. The number of benzene rings is 1. The second-order valence-electron chi connectivity index (χ2n) is 1.69. The van der Waals surface area contributed by atoms with Crippen LogP contribution in [0.15, 0.2) is 30.3 Å². The molecule has 0 aliphatic heterocycles. The van der Waals surface area contributed by atoms with Gasteiger partial charge in [0.25, 0.3) is 0 Å². The molecule has 0 spiro atoms. The molecule has 1 aromatic carbocycles. The van der Waals surface area contributed by atoms with E-state index in [1.807, 2.05) is 30.3 Å². The molecule has 0 atom stereocenters. The van der Waals surface area contributed by atoms with Gasteiger partial charge in [0.05, 0.1) is 0 Å². The van der Waals surface area contributed by atoms with E-state index in [1.54, 1.807) is 0 Å². The summed E-state index contributed by atoms with van der Waals surface area (Å²) in [5, 5.41) is 0. The Morgan fingerprint density at radius 1 is 1.11 bits per heavy atom. The van der Waals surface area contributed by atoms with Crippen molar-refractivity contribution in [1.29, 1.82) is 0 Å². The summed E-state index contributed by atoms with van der Waals surface area (Å²) in [4.78, 5) is 0. The maximum atomic E-state index is 5.35. The summed E-state index contributed by atoms with van der Waals surface area (Å²) in [5.41, 5.74) is 6.54. The van der Waals surface area contributed by atoms with E-state index in [2.05, 4.69) is 0 Å². The summed E-state index contributed by atoms with van der Waals surface area (Å²) in [5.74, 6) is 0. The van der Waals surface area contributed by atoms with Gasteiger partial charge in [0.1, 0.15) is 0 Å². The van der Waals surface area contributed by atoms with Crippen LogP contribution in [0.2, 0.25) is 0 Å². The molecule has 0 fully saturated rings. The van der Waals surface area contributed by atoms with Crippen LogP contribution in [0, 0.1) is 0 Å². The average molecular weight is 215 g/mol. The molecule has 0 aliphatic rings. The molecule has 0 saturated heterocycles. The Morgan fingerprint density at radius 3 is 2.00 bits per heavy atom. The Bertz CT molecular complexity index is 150. The first-order chi connectivity index (χ1) is 3.93. The predicted molar refractivity (Wildman–Crippen MR) is 34.3 cm³/mol. The van der Waals surface area contributed by atoms with Crippen molar-refractivity contribution in [3.63, 3.8) is 0 Å². The van der Waals surface area contributed by atoms with Crippen LogP contribution in [0.4, 0.5) is 0 Å². The molecule has 2 heteroatoms. The van der Waals surface area contributed by atoms with Gasteiger partial charge in [0.2, 0.25) is 0 Å². The summed E-state index contributed by atoms with van der Waals surface area (Å²) < 4.78 is 0. The van der Waals surface area contributed by atoms with Gasteiger partial charge in [-0.2, -0.15) is 0 Å². The summed E-state index contributed by atoms with van der Waals surface area (Å²) in [6, 6.07) is 9.99. The molecule has 53 valence electrons. The molecule has 0 aromatic heterocycles. The summed E-state index contributed by atoms with van der Waals surface area (Å²) in [6.07, 6.45) is 0. The van der Waals surface area contributed by atoms with Gasteiger partial charge in [-0.25, -0.2) is 0 Å². The van der Waals surface area contributed by atoms with E-state index < -0.39 is 0 Å². The van der Waals surface area contributed by atoms with Crippen molar-refractivity contribution < 1.29 is 22.4 Å². The van der Waals surface area contributed by atoms with Crippen LogP contribution in [0.3, 0.4) is 0 Å². The Kier molecular flexibility index (Phi) is 4.72. The smallest absolute Gasteiger partial charge is 0.0178 e. The third-order valence-corrected chi connectivity index (χ3v) is 1.08. The Hall–Kier alpha value is -0.0797. The zero-order chi connectivity index (χ0) is 5.82. The second-order valence-corrected chi connectivity index (χ2v) is 1.69. The van der Waals surface area contributed by atoms with Gasteiger partial charge in [0.15, 0.2) is 0 Å². The summed E-state index contributed by atoms with van der Waals surface area (Å²) in [6.45, 7) is 0.640. The molecule has 1 aromatic rings. The van der Waals surface area contributed by atoms with Crippen LogP contribution in [0.5, 0.6) is 0 Å². The number of nitrogens with two attached hydrogens (primary N) is 1. The minimum atomic E-state index is 0. The molecule has 2 N–H and O–H groups in total. The maximum Gasteiger partial charge on any atom is 0.0178 e. The number of hydrogen-bond donors (Lipinski definition) is 1. The van der Waals surface area contributed by atoms with E-state index in [-0.39, 0.29) is 22.4 Å². The van der Waals surface area contributed by atoms with Gasteiger partial charge in [-0.1, -0.05) is 30.3 Å². The van der Waals surface area contributed by atoms with Gasteiger partial charge in [-0.3, -0.25) is 0 Å². The van der Waals surface area contributed by atoms with E-state index in [4.69, 9.17) is 5.73 Å². The Balaban J connectivity index is 0.000000640. The van der Waals surface area contributed by atoms with Gasteiger partial charge >= 0.3 is 0 Å². The van der Waals surface area contributed by atoms with Crippen molar-refractivity contribution >= 4 is 0 Å². The van der Waals surface area contributed by atoms with Gasteiger partial charge in [-0.15, -0.1) is 0 Å². The topological polar surface area (TPSA) is 26.0 Å². The monoisotopic (exact) mass is 214 g/mol. The second kappa shape index (κ2) is 4.77. The van der Waals surface area contributed by atoms with Crippen LogP contribution >= 0.6 is 0 Å². The van der Waals surface area contributed by atoms with E-state index in [1.165, 1.54) is 5.56 Å². The first-order valence-corrected chi connectivity index (χ1v) is 2.67. The van der Waals surface area contributed by atoms with Gasteiger partial charge < -0.3 is 5.73 Å². The largest absolute Gasteiger partial charge is 0.326 e. The molecule has 1 radical (unpaired) electrons. The van der Waals surface area contributed by atoms with Crippen LogP contribution in [-0.2, 0) is 28.9 Å². The van der Waals surface area contributed by atoms with Crippen molar-refractivity contribution in [1.82, 2.24) is 0 Å². The molecule has 0 aliphatic carbocycles. The van der Waals surface area contributed by atoms with Crippen molar-refractivity contribution in [2.24, 2.45) is 5.73 Å². The summed E-state index contributed by atoms with van der Waals surface area (Å²) >= 11 is 0. The molecule has 0 bridgehead atoms. The fraction of sp³-hybridized carbons (Fsp3) is 0.143. The Labute approximate surface area is 70.8 Å². The zero-order valence-corrected chi connectivity index (χ0v) is 6.45. The van der Waals surface area contributed by atoms with E-state index in [9.17, 15) is 0 Å². The molecule has 0 amide bonds. The molecule has 9 heavy (non-hydrogen) atoms. The fourth-order valence-electron chi connectivity index (χ4n) is 0.614. The standard InChI is InChI=1S/C7H9N.Ag/c8-6-7-4-2-1-3-5-7;/h1-5H,6,8H2;. The molecular formula is C7H9AgN. The first-order valence-electron chi connectivity index (χ1n) is 2.67. The average Bonchev–Trinajstić information content (AvgIpc) is 1.90. The molecule has 1 rings (SSSR count). The maximum absolute atomic E-state index is 5.35. The van der Waals surface area contributed by atoms with E-state index in [0.29, 0.717) is 6.54 Å². The van der Waals surface area contributed by atoms with Crippen LogP contribution in [0.1, 0.15) is 5.56 Å². The molecule has 0 unspecified atom stereocenters. The normalized spacial score (nSPS) is 8.11. The first kappa shape index (κ1) is 8.92. The van der Waals surface area contributed by atoms with Crippen LogP contribution in [-0.4, -0.2) is 0 Å². The minimum Gasteiger partial charge on any atom is -0.326 e. The van der Waals surface area contributed by atoms with Gasteiger partial charge in [0, 0.05) is 28.9 Å². The number of rotatable bonds is 1. The van der Waals surface area contributed by atoms with Crippen LogP contribution in [0.25, 0.3) is 0 Å². The third-order valence-electron chi connectivity index (χ3n) is 1.08. The number of hydrogen-bond acceptors (Lipinski definition) is 1. The molecule has 1 nitrogen and oxygen atoms in total. The molecule has 0 saturated carbocycles. The van der Waals surface area contributed by atoms with E-state index >= 15 is 0 Å². The van der Waals surface area contributed by atoms with Crippen molar-refractivity contribution in [2.75, 3.05) is 0 Å². The van der Waals surface area contributed by atoms with Crippen molar-refractivity contribution in [3.05, 3.63) is 35.9 Å². The Morgan fingerprint density at radius 2 is 1.67 bits per heavy atom. The predicted octanol–water partition coefficient (Wildman–Crippen LogP) is 1.14. The SMILES string of the molecule is NCc1ccccc1.[Ag]. The van der Waals surface area contributed by atoms with E-state index in [0.717, 1.165) is 0 Å². The van der Waals surface area contributed by atoms with Crippen LogP contribution < -0.4 is 5.73 Å². The quantitative estimate of drug-likeness (QED) is 0.698. The van der Waals surface area contributed by atoms with Crippen molar-refractivity contribution in [3.8, 4) is 0 Å². The third kappa shape index (κ3) is 2.82. The molecule has 0 heterocycles. The van der Waals surface area contributed by atoms with Crippen molar-refractivity contribution in [2.45, 2.75) is 6.54 Å².